The molecule has 0 N–H and O–H groups in total. The van der Waals surface area contributed by atoms with Crippen LogP contribution in [-0.2, 0) is 17.8 Å². The van der Waals surface area contributed by atoms with Crippen molar-refractivity contribution in [3.05, 3.63) is 64.7 Å². The van der Waals surface area contributed by atoms with Gasteiger partial charge < -0.3 is 4.57 Å². The molecule has 1 amide bonds. The molecule has 2 aromatic carbocycles. The Morgan fingerprint density at radius 2 is 2.04 bits per heavy atom. The van der Waals surface area contributed by atoms with Gasteiger partial charge in [-0.15, -0.1) is 0 Å². The fourth-order valence-corrected chi connectivity index (χ4v) is 4.05. The summed E-state index contributed by atoms with van der Waals surface area (Å²) in [5.74, 6) is 0.496. The highest BCUT2D eigenvalue weighted by Gasteiger charge is 2.09. The van der Waals surface area contributed by atoms with Crippen LogP contribution in [0.1, 0.15) is 12.0 Å². The van der Waals surface area contributed by atoms with Crippen LogP contribution < -0.4 is 4.80 Å². The third kappa shape index (κ3) is 4.58. The van der Waals surface area contributed by atoms with Crippen LogP contribution in [0.4, 0.5) is 4.39 Å². The maximum atomic E-state index is 13.5. The summed E-state index contributed by atoms with van der Waals surface area (Å²) in [4.78, 5) is 17.3. The third-order valence-electron chi connectivity index (χ3n) is 3.85. The molecule has 25 heavy (non-hydrogen) atoms. The van der Waals surface area contributed by atoms with Gasteiger partial charge in [0.05, 0.1) is 10.2 Å². The quantitative estimate of drug-likeness (QED) is 0.646. The van der Waals surface area contributed by atoms with Crippen LogP contribution in [0.2, 0.25) is 0 Å². The molecule has 3 rings (SSSR count). The molecule has 1 heterocycles. The average molecular weight is 375 g/mol. The van der Waals surface area contributed by atoms with Crippen molar-refractivity contribution in [2.45, 2.75) is 19.4 Å². The predicted octanol–water partition coefficient (Wildman–Crippen LogP) is 4.27. The number of halogens is 1. The number of aryl methyl sites for hydroxylation is 2. The molecule has 0 aliphatic rings. The van der Waals surface area contributed by atoms with Crippen molar-refractivity contribution in [1.29, 1.82) is 0 Å². The molecule has 1 aromatic heterocycles. The number of nitrogens with zero attached hydrogens (tertiary/aromatic N) is 2. The molecule has 0 atom stereocenters. The Bertz CT molecular complexity index is 931. The first-order valence-electron chi connectivity index (χ1n) is 8.06. The number of hydrogen-bond acceptors (Lipinski definition) is 3. The number of amides is 1. The summed E-state index contributed by atoms with van der Waals surface area (Å²) < 4.78 is 16.3. The predicted molar refractivity (Wildman–Crippen MR) is 103 cm³/mol. The van der Waals surface area contributed by atoms with E-state index < -0.39 is 0 Å². The zero-order valence-corrected chi connectivity index (χ0v) is 15.6. The van der Waals surface area contributed by atoms with E-state index in [9.17, 15) is 9.18 Å². The summed E-state index contributed by atoms with van der Waals surface area (Å²) >= 11 is 3.09. The van der Waals surface area contributed by atoms with Gasteiger partial charge in [-0.3, -0.25) is 4.79 Å². The van der Waals surface area contributed by atoms with Crippen molar-refractivity contribution in [3.63, 3.8) is 0 Å². The molecule has 0 aliphatic heterocycles. The van der Waals surface area contributed by atoms with E-state index in [1.165, 1.54) is 23.5 Å². The lowest BCUT2D eigenvalue weighted by Gasteiger charge is -2.03. The molecule has 3 aromatic rings. The number of fused-ring (bicyclic) bond motifs is 1. The van der Waals surface area contributed by atoms with Gasteiger partial charge in [-0.25, -0.2) is 4.39 Å². The second-order valence-electron chi connectivity index (χ2n) is 5.63. The summed E-state index contributed by atoms with van der Waals surface area (Å²) in [5.41, 5.74) is 2.05. The van der Waals surface area contributed by atoms with E-state index >= 15 is 0 Å². The number of hydrogen-bond donors (Lipinski definition) is 0. The van der Waals surface area contributed by atoms with Crippen LogP contribution in [0.3, 0.4) is 0 Å². The molecule has 0 fully saturated rings. The lowest BCUT2D eigenvalue weighted by atomic mass is 10.1. The van der Waals surface area contributed by atoms with Gasteiger partial charge in [-0.2, -0.15) is 16.8 Å². The second kappa shape index (κ2) is 8.45. The molecule has 130 valence electrons. The summed E-state index contributed by atoms with van der Waals surface area (Å²) in [6.45, 7) is 0.748. The van der Waals surface area contributed by atoms with Crippen molar-refractivity contribution in [1.82, 2.24) is 4.57 Å². The number of thioether (sulfide) groups is 1. The van der Waals surface area contributed by atoms with Gasteiger partial charge in [0.15, 0.2) is 4.80 Å². The van der Waals surface area contributed by atoms with E-state index in [0.29, 0.717) is 17.6 Å². The van der Waals surface area contributed by atoms with E-state index in [1.54, 1.807) is 17.8 Å². The number of benzene rings is 2. The van der Waals surface area contributed by atoms with Crippen molar-refractivity contribution in [2.24, 2.45) is 4.99 Å². The van der Waals surface area contributed by atoms with E-state index in [4.69, 9.17) is 0 Å². The number of rotatable bonds is 6. The fraction of sp³-hybridized carbons (Fsp3) is 0.263. The van der Waals surface area contributed by atoms with Crippen LogP contribution in [0.25, 0.3) is 10.2 Å². The number of carbonyl (C=O) groups is 1. The van der Waals surface area contributed by atoms with Crippen LogP contribution in [0.15, 0.2) is 53.5 Å². The molecule has 0 unspecified atom stereocenters. The minimum Gasteiger partial charge on any atom is -0.316 e. The van der Waals surface area contributed by atoms with Crippen LogP contribution in [0.5, 0.6) is 0 Å². The second-order valence-corrected chi connectivity index (χ2v) is 7.63. The van der Waals surface area contributed by atoms with Gasteiger partial charge in [-0.1, -0.05) is 41.7 Å². The maximum Gasteiger partial charge on any atom is 0.248 e. The highest BCUT2D eigenvalue weighted by molar-refractivity contribution is 7.98. The fourth-order valence-electron chi connectivity index (χ4n) is 2.59. The summed E-state index contributed by atoms with van der Waals surface area (Å²) in [7, 11) is 0. The lowest BCUT2D eigenvalue weighted by molar-refractivity contribution is -0.118. The Labute approximate surface area is 154 Å². The highest BCUT2D eigenvalue weighted by atomic mass is 32.2. The van der Waals surface area contributed by atoms with E-state index in [2.05, 4.69) is 4.99 Å². The topological polar surface area (TPSA) is 34.4 Å². The highest BCUT2D eigenvalue weighted by Crippen LogP contribution is 2.19. The van der Waals surface area contributed by atoms with Crippen LogP contribution >= 0.6 is 23.1 Å². The Kier molecular flexibility index (Phi) is 6.04. The van der Waals surface area contributed by atoms with Gasteiger partial charge in [0.2, 0.25) is 5.91 Å². The summed E-state index contributed by atoms with van der Waals surface area (Å²) in [5, 5.41) is 0. The molecule has 0 radical (unpaired) electrons. The molecular weight excluding hydrogens is 355 g/mol. The number of thiazole rings is 1. The zero-order valence-electron chi connectivity index (χ0n) is 13.9. The van der Waals surface area contributed by atoms with Gasteiger partial charge >= 0.3 is 0 Å². The van der Waals surface area contributed by atoms with Crippen molar-refractivity contribution < 1.29 is 9.18 Å². The monoisotopic (exact) mass is 374 g/mol. The standard InChI is InChI=1S/C19H19FN2OS2/c1-24-12-11-22-16-9-8-15(20)13-17(16)25-19(22)21-18(23)10-7-14-5-3-2-4-6-14/h2-6,8-9,13H,7,10-12H2,1H3. The molecule has 6 heteroatoms. The van der Waals surface area contributed by atoms with Gasteiger partial charge in [0.25, 0.3) is 0 Å². The summed E-state index contributed by atoms with van der Waals surface area (Å²) in [6, 6.07) is 14.6. The number of aromatic nitrogens is 1. The van der Waals surface area contributed by atoms with Crippen molar-refractivity contribution in [2.75, 3.05) is 12.0 Å². The number of carbonyl (C=O) groups excluding carboxylic acids is 1. The normalized spacial score (nSPS) is 12.0. The Hall–Kier alpha value is -1.92. The van der Waals surface area contributed by atoms with Gasteiger partial charge in [-0.05, 0) is 36.4 Å². The maximum absolute atomic E-state index is 13.5. The zero-order chi connectivity index (χ0) is 17.6. The van der Waals surface area contributed by atoms with E-state index in [0.717, 1.165) is 28.1 Å². The van der Waals surface area contributed by atoms with Crippen molar-refractivity contribution >= 4 is 39.2 Å². The smallest absolute Gasteiger partial charge is 0.248 e. The Morgan fingerprint density at radius 1 is 1.24 bits per heavy atom. The van der Waals surface area contributed by atoms with E-state index in [1.807, 2.05) is 41.2 Å². The van der Waals surface area contributed by atoms with Gasteiger partial charge in [0, 0.05) is 18.7 Å². The minimum absolute atomic E-state index is 0.145. The average Bonchev–Trinajstić information content (AvgIpc) is 2.95. The van der Waals surface area contributed by atoms with Crippen molar-refractivity contribution in [3.8, 4) is 0 Å². The Balaban J connectivity index is 1.87. The first-order chi connectivity index (χ1) is 12.2. The lowest BCUT2D eigenvalue weighted by Crippen LogP contribution is -2.18. The van der Waals surface area contributed by atoms with Crippen LogP contribution in [-0.4, -0.2) is 22.5 Å². The third-order valence-corrected chi connectivity index (χ3v) is 5.49. The minimum atomic E-state index is -0.271. The summed E-state index contributed by atoms with van der Waals surface area (Å²) in [6.07, 6.45) is 3.08. The molecule has 0 saturated heterocycles. The molecule has 0 saturated carbocycles. The van der Waals surface area contributed by atoms with E-state index in [-0.39, 0.29) is 11.7 Å². The van der Waals surface area contributed by atoms with Crippen LogP contribution in [0, 0.1) is 5.82 Å². The molecule has 3 nitrogen and oxygen atoms in total. The largest absolute Gasteiger partial charge is 0.316 e. The first kappa shape index (κ1) is 17.9. The molecule has 0 bridgehead atoms. The SMILES string of the molecule is CSCCn1c(=NC(=O)CCc2ccccc2)sc2cc(F)ccc21. The van der Waals surface area contributed by atoms with Gasteiger partial charge in [0.1, 0.15) is 5.82 Å². The molecular formula is C19H19FN2OS2. The molecule has 0 aliphatic carbocycles. The molecule has 0 spiro atoms. The Morgan fingerprint density at radius 3 is 2.80 bits per heavy atom. The first-order valence-corrected chi connectivity index (χ1v) is 10.3.